The number of hydrogen-bond donors (Lipinski definition) is 3. The molecule has 0 atom stereocenters. The molecule has 9 heteroatoms. The van der Waals surface area contributed by atoms with Crippen LogP contribution in [-0.4, -0.2) is 103 Å². The van der Waals surface area contributed by atoms with Crippen LogP contribution in [0, 0.1) is 0 Å². The molecule has 12 rings (SSSR count). The van der Waals surface area contributed by atoms with E-state index in [4.69, 9.17) is 0 Å². The zero-order valence-electron chi connectivity index (χ0n) is 60.7. The first kappa shape index (κ1) is 69.1. The summed E-state index contributed by atoms with van der Waals surface area (Å²) in [6, 6.07) is 67.9. The summed E-state index contributed by atoms with van der Waals surface area (Å²) in [5.74, 6) is 0. The Hall–Kier alpha value is -10.8. The fraction of sp³-hybridized carbons (Fsp3) is 0.242. The van der Waals surface area contributed by atoms with Crippen LogP contribution in [0.1, 0.15) is 110 Å². The molecule has 9 aromatic rings. The van der Waals surface area contributed by atoms with Crippen molar-refractivity contribution in [2.24, 2.45) is 0 Å². The number of hydrogen-bond acceptors (Lipinski definition) is 6. The van der Waals surface area contributed by atoms with Crippen molar-refractivity contribution in [2.75, 3.05) is 103 Å². The summed E-state index contributed by atoms with van der Waals surface area (Å²) in [5.41, 5.74) is 24.8. The molecular weight excluding hydrogens is 1220 g/mol. The number of benzene rings is 9. The van der Waals surface area contributed by atoms with Crippen molar-refractivity contribution in [1.29, 1.82) is 0 Å². The van der Waals surface area contributed by atoms with E-state index in [0.717, 1.165) is 123 Å². The lowest BCUT2D eigenvalue weighted by atomic mass is 9.87. The minimum absolute atomic E-state index is 0.783. The van der Waals surface area contributed by atoms with Crippen molar-refractivity contribution in [3.8, 4) is 0 Å². The highest BCUT2D eigenvalue weighted by Crippen LogP contribution is 2.42. The largest absolute Gasteiger partial charge is 0.385 e. The normalized spacial score (nSPS) is 13.2. The maximum absolute atomic E-state index is 3.66. The Morgan fingerprint density at radius 1 is 0.280 bits per heavy atom. The number of nitrogens with zero attached hydrogens (tertiary/aromatic N) is 6. The monoisotopic (exact) mass is 1320 g/mol. The minimum Gasteiger partial charge on any atom is -0.385 e. The van der Waals surface area contributed by atoms with Crippen LogP contribution in [0.15, 0.2) is 272 Å². The van der Waals surface area contributed by atoms with Crippen LogP contribution >= 0.6 is 0 Å². The molecule has 3 N–H and O–H groups in total. The third kappa shape index (κ3) is 14.1. The van der Waals surface area contributed by atoms with Gasteiger partial charge in [0.05, 0.1) is 24.5 Å². The zero-order valence-corrected chi connectivity index (χ0v) is 60.7. The van der Waals surface area contributed by atoms with Gasteiger partial charge in [-0.1, -0.05) is 127 Å². The summed E-state index contributed by atoms with van der Waals surface area (Å²) >= 11 is 0. The fourth-order valence-corrected chi connectivity index (χ4v) is 15.0. The SMILES string of the molecule is CCNc1ccc(C(=C2C=CC(=[N+](CC)N(CC)c3ccc(C(=C4C=CC(=[N+](CC)N(CC)c5ccc(C(=C6C=CC(=[N+](CC)CC)C=C6)c6ccc(NCC)c7ccccc67)cc5)C=C4)c4ccc(NCC)c5ccccc45)cc3)C=C2)c2ccc(N(CC)CC)cc2)c2ccccc12. The van der Waals surface area contributed by atoms with Crippen LogP contribution in [0.4, 0.5) is 34.1 Å². The summed E-state index contributed by atoms with van der Waals surface area (Å²) in [5, 5.41) is 23.1. The molecule has 0 bridgehead atoms. The van der Waals surface area contributed by atoms with Gasteiger partial charge in [-0.05, 0) is 250 Å². The molecule has 100 heavy (non-hydrogen) atoms. The zero-order chi connectivity index (χ0) is 69.7. The quantitative estimate of drug-likeness (QED) is 0.0392. The first-order valence-corrected chi connectivity index (χ1v) is 36.8. The summed E-state index contributed by atoms with van der Waals surface area (Å²) in [4.78, 5) is 2.41. The molecule has 0 saturated carbocycles. The van der Waals surface area contributed by atoms with Crippen LogP contribution in [0.25, 0.3) is 49.0 Å². The smallest absolute Gasteiger partial charge is 0.229 e. The van der Waals surface area contributed by atoms with E-state index >= 15 is 0 Å². The molecule has 0 amide bonds. The van der Waals surface area contributed by atoms with Gasteiger partial charge >= 0.3 is 0 Å². The molecular formula is C91H100N9+3. The van der Waals surface area contributed by atoms with Crippen LogP contribution < -0.4 is 30.9 Å². The van der Waals surface area contributed by atoms with E-state index in [-0.39, 0.29) is 0 Å². The van der Waals surface area contributed by atoms with Gasteiger partial charge < -0.3 is 20.9 Å². The Kier molecular flexibility index (Phi) is 22.3. The van der Waals surface area contributed by atoms with Crippen molar-refractivity contribution < 1.29 is 13.9 Å². The van der Waals surface area contributed by atoms with E-state index < -0.39 is 0 Å². The number of anilines is 6. The highest BCUT2D eigenvalue weighted by Gasteiger charge is 2.27. The van der Waals surface area contributed by atoms with Gasteiger partial charge in [-0.3, -0.25) is 0 Å². The van der Waals surface area contributed by atoms with Crippen molar-refractivity contribution in [3.63, 3.8) is 0 Å². The second kappa shape index (κ2) is 32.3. The lowest BCUT2D eigenvalue weighted by Gasteiger charge is -2.23. The maximum atomic E-state index is 3.66. The molecule has 3 aliphatic carbocycles. The summed E-state index contributed by atoms with van der Waals surface area (Å²) in [6.07, 6.45) is 27.7. The third-order valence-electron chi connectivity index (χ3n) is 19.8. The second-order valence-corrected chi connectivity index (χ2v) is 25.3. The summed E-state index contributed by atoms with van der Waals surface area (Å²) < 4.78 is 7.24. The highest BCUT2D eigenvalue weighted by atomic mass is 15.6. The van der Waals surface area contributed by atoms with E-state index in [1.807, 2.05) is 0 Å². The van der Waals surface area contributed by atoms with Gasteiger partial charge in [-0.2, -0.15) is 10.0 Å². The predicted molar refractivity (Wildman–Crippen MR) is 434 cm³/mol. The third-order valence-corrected chi connectivity index (χ3v) is 19.8. The van der Waals surface area contributed by atoms with E-state index in [2.05, 4.69) is 376 Å². The van der Waals surface area contributed by atoms with Gasteiger partial charge in [-0.15, -0.1) is 9.37 Å². The molecule has 0 heterocycles. The van der Waals surface area contributed by atoms with E-state index in [1.54, 1.807) is 0 Å². The summed E-state index contributed by atoms with van der Waals surface area (Å²) in [7, 11) is 0. The van der Waals surface area contributed by atoms with Crippen LogP contribution in [0.3, 0.4) is 0 Å². The molecule has 0 aliphatic heterocycles. The maximum Gasteiger partial charge on any atom is 0.229 e. The molecule has 0 spiro atoms. The van der Waals surface area contributed by atoms with Crippen molar-refractivity contribution >= 4 is 100 Å². The summed E-state index contributed by atoms with van der Waals surface area (Å²) in [6.45, 7) is 34.0. The van der Waals surface area contributed by atoms with Crippen molar-refractivity contribution in [3.05, 3.63) is 305 Å². The minimum atomic E-state index is 0.783. The first-order chi connectivity index (χ1) is 49.1. The van der Waals surface area contributed by atoms with Gasteiger partial charge in [0, 0.05) is 108 Å². The average Bonchev–Trinajstić information content (AvgIpc) is 0.778. The molecule has 3 aliphatic rings. The van der Waals surface area contributed by atoms with Crippen LogP contribution in [-0.2, 0) is 0 Å². The molecule has 0 radical (unpaired) electrons. The Balaban J connectivity index is 0.894. The fourth-order valence-electron chi connectivity index (χ4n) is 15.0. The second-order valence-electron chi connectivity index (χ2n) is 25.3. The van der Waals surface area contributed by atoms with Gasteiger partial charge in [0.2, 0.25) is 11.4 Å². The Morgan fingerprint density at radius 2 is 0.570 bits per heavy atom. The number of hydrazine groups is 2. The van der Waals surface area contributed by atoms with E-state index in [1.165, 1.54) is 99.4 Å². The lowest BCUT2D eigenvalue weighted by Crippen LogP contribution is -2.38. The number of nitrogens with one attached hydrogen (secondary N) is 3. The first-order valence-electron chi connectivity index (χ1n) is 36.8. The van der Waals surface area contributed by atoms with E-state index in [9.17, 15) is 0 Å². The van der Waals surface area contributed by atoms with Crippen molar-refractivity contribution in [2.45, 2.75) is 76.2 Å². The topological polar surface area (TPSA) is 54.8 Å². The van der Waals surface area contributed by atoms with Crippen molar-refractivity contribution in [1.82, 2.24) is 0 Å². The average molecular weight is 1320 g/mol. The van der Waals surface area contributed by atoms with Crippen LogP contribution in [0.5, 0.6) is 0 Å². The van der Waals surface area contributed by atoms with E-state index in [0.29, 0.717) is 0 Å². The molecule has 0 fully saturated rings. The predicted octanol–water partition coefficient (Wildman–Crippen LogP) is 20.4. The molecule has 0 aromatic heterocycles. The van der Waals surface area contributed by atoms with Gasteiger partial charge in [-0.25, -0.2) is 4.58 Å². The lowest BCUT2D eigenvalue weighted by molar-refractivity contribution is -0.536. The number of hydrazone groups is 2. The molecule has 0 saturated heterocycles. The molecule has 0 unspecified atom stereocenters. The molecule has 506 valence electrons. The number of allylic oxidation sites excluding steroid dienone is 15. The van der Waals surface area contributed by atoms with Gasteiger partial charge in [0.25, 0.3) is 0 Å². The molecule has 9 nitrogen and oxygen atoms in total. The Morgan fingerprint density at radius 3 is 0.840 bits per heavy atom. The van der Waals surface area contributed by atoms with Gasteiger partial charge in [0.1, 0.15) is 13.1 Å². The number of rotatable bonds is 25. The number of fused-ring (bicyclic) bond motifs is 3. The highest BCUT2D eigenvalue weighted by molar-refractivity contribution is 6.11. The standard InChI is InChI=1S/C91H97N9/c1-12-92-86-62-59-83(77-29-23-26-32-80(77)86)89(65-35-47-71(48-36-65)95(15-4)16-5)67-39-51-73(52-40-67)97(19-8)99(21-10)75-55-43-69(44-56-75)91(85-61-64-88(94-14-3)82-34-28-25-31-79(82)85)70-45-57-76(58-46-70)100(22-11)98(20-9)74-53-41-68(42-54-74)90(66-37-49-72(50-38-66)96(17-6)18-7)84-60-63-87(93-13-2)81-33-27-24-30-78(81)84/h23-64H,12-22H2,1-11H3/p+3. The Labute approximate surface area is 594 Å². The van der Waals surface area contributed by atoms with Crippen LogP contribution in [0.2, 0.25) is 0 Å². The Bertz CT molecular complexity index is 4820. The van der Waals surface area contributed by atoms with Gasteiger partial charge in [0.15, 0.2) is 18.8 Å². The molecule has 9 aromatic carbocycles.